The average Bonchev–Trinajstić information content (AvgIpc) is 2.99. The van der Waals surface area contributed by atoms with Crippen molar-refractivity contribution in [2.45, 2.75) is 18.4 Å². The maximum atomic E-state index is 12.4. The number of sulfonamides is 1. The number of aryl methyl sites for hydroxylation is 1. The fourth-order valence-corrected chi connectivity index (χ4v) is 4.37. The van der Waals surface area contributed by atoms with Gasteiger partial charge in [-0.2, -0.15) is 0 Å². The van der Waals surface area contributed by atoms with Gasteiger partial charge in [-0.15, -0.1) is 11.3 Å². The Morgan fingerprint density at radius 1 is 1.22 bits per heavy atom. The number of carbonyl (C=O) groups is 1. The van der Waals surface area contributed by atoms with Crippen LogP contribution in [0.2, 0.25) is 0 Å². The van der Waals surface area contributed by atoms with Gasteiger partial charge >= 0.3 is 0 Å². The molecule has 0 aliphatic heterocycles. The highest BCUT2D eigenvalue weighted by molar-refractivity contribution is 7.89. The van der Waals surface area contributed by atoms with E-state index in [2.05, 4.69) is 11.4 Å². The van der Waals surface area contributed by atoms with Crippen molar-refractivity contribution in [1.82, 2.24) is 9.21 Å². The molecule has 27 heavy (non-hydrogen) atoms. The van der Waals surface area contributed by atoms with Gasteiger partial charge in [-0.1, -0.05) is 0 Å². The molecule has 1 heterocycles. The molecule has 0 spiro atoms. The molecule has 0 aliphatic carbocycles. The zero-order chi connectivity index (χ0) is 20.2. The molecule has 0 aliphatic rings. The molecule has 0 bridgehead atoms. The molecular formula is C18H25N3O4S2. The van der Waals surface area contributed by atoms with E-state index in [0.29, 0.717) is 18.0 Å². The van der Waals surface area contributed by atoms with Crippen LogP contribution in [0.15, 0.2) is 34.5 Å². The first kappa shape index (κ1) is 21.4. The molecule has 1 N–H and O–H groups in total. The highest BCUT2D eigenvalue weighted by Crippen LogP contribution is 2.28. The number of carbonyl (C=O) groups excluding carboxylic acids is 1. The molecule has 0 saturated carbocycles. The third-order valence-electron chi connectivity index (χ3n) is 4.02. The van der Waals surface area contributed by atoms with Crippen LogP contribution in [-0.2, 0) is 21.4 Å². The van der Waals surface area contributed by atoms with Crippen LogP contribution in [0, 0.1) is 6.92 Å². The number of hydrogen-bond donors (Lipinski definition) is 1. The SMILES string of the molecule is COc1ccc(S(=O)(=O)N(C)C)cc1NC(=O)CN(C)Cc1sccc1C. The third kappa shape index (κ3) is 5.29. The number of nitrogens with one attached hydrogen (secondary N) is 1. The lowest BCUT2D eigenvalue weighted by Gasteiger charge is -2.18. The number of likely N-dealkylation sites (N-methyl/N-ethyl adjacent to an activating group) is 1. The van der Waals surface area contributed by atoms with Gasteiger partial charge < -0.3 is 10.1 Å². The van der Waals surface area contributed by atoms with Crippen LogP contribution in [-0.4, -0.2) is 58.3 Å². The zero-order valence-electron chi connectivity index (χ0n) is 16.1. The van der Waals surface area contributed by atoms with Crippen LogP contribution >= 0.6 is 11.3 Å². The van der Waals surface area contributed by atoms with Crippen molar-refractivity contribution in [3.8, 4) is 5.75 Å². The van der Waals surface area contributed by atoms with Crippen molar-refractivity contribution in [1.29, 1.82) is 0 Å². The molecule has 9 heteroatoms. The number of hydrogen-bond acceptors (Lipinski definition) is 6. The summed E-state index contributed by atoms with van der Waals surface area (Å²) in [5.41, 5.74) is 1.53. The third-order valence-corrected chi connectivity index (χ3v) is 6.84. The maximum Gasteiger partial charge on any atom is 0.242 e. The first-order valence-electron chi connectivity index (χ1n) is 8.27. The number of anilines is 1. The lowest BCUT2D eigenvalue weighted by atomic mass is 10.2. The summed E-state index contributed by atoms with van der Waals surface area (Å²) in [7, 11) is 2.64. The highest BCUT2D eigenvalue weighted by atomic mass is 32.2. The highest BCUT2D eigenvalue weighted by Gasteiger charge is 2.20. The summed E-state index contributed by atoms with van der Waals surface area (Å²) < 4.78 is 31.0. The summed E-state index contributed by atoms with van der Waals surface area (Å²) in [6, 6.07) is 6.45. The van der Waals surface area contributed by atoms with Gasteiger partial charge in [0.15, 0.2) is 0 Å². The molecule has 2 rings (SSSR count). The Kier molecular flexibility index (Phi) is 6.99. The van der Waals surface area contributed by atoms with Gasteiger partial charge in [-0.05, 0) is 49.2 Å². The van der Waals surface area contributed by atoms with Crippen molar-refractivity contribution in [2.75, 3.05) is 40.1 Å². The average molecular weight is 412 g/mol. The van der Waals surface area contributed by atoms with E-state index in [9.17, 15) is 13.2 Å². The smallest absolute Gasteiger partial charge is 0.242 e. The number of benzene rings is 1. The number of nitrogens with zero attached hydrogens (tertiary/aromatic N) is 2. The number of amides is 1. The molecule has 1 aromatic heterocycles. The van der Waals surface area contributed by atoms with E-state index in [1.807, 2.05) is 24.3 Å². The minimum absolute atomic E-state index is 0.0890. The van der Waals surface area contributed by atoms with Gasteiger partial charge in [-0.3, -0.25) is 9.69 Å². The molecule has 7 nitrogen and oxygen atoms in total. The molecule has 1 aromatic carbocycles. The molecule has 0 radical (unpaired) electrons. The Hall–Kier alpha value is -1.94. The second-order valence-electron chi connectivity index (χ2n) is 6.40. The predicted octanol–water partition coefficient (Wildman–Crippen LogP) is 2.39. The van der Waals surface area contributed by atoms with Gasteiger partial charge in [0.2, 0.25) is 15.9 Å². The Bertz CT molecular complexity index is 907. The normalized spacial score (nSPS) is 11.8. The van der Waals surface area contributed by atoms with Crippen molar-refractivity contribution in [3.05, 3.63) is 40.1 Å². The fourth-order valence-electron chi connectivity index (χ4n) is 2.46. The number of methoxy groups -OCH3 is 1. The topological polar surface area (TPSA) is 79.0 Å². The van der Waals surface area contributed by atoms with Crippen LogP contribution in [0.5, 0.6) is 5.75 Å². The van der Waals surface area contributed by atoms with E-state index >= 15 is 0 Å². The number of thiophene rings is 1. The van der Waals surface area contributed by atoms with E-state index in [4.69, 9.17) is 4.74 Å². The summed E-state index contributed by atoms with van der Waals surface area (Å²) in [6.45, 7) is 2.88. The molecule has 0 atom stereocenters. The van der Waals surface area contributed by atoms with Gasteiger partial charge in [0.25, 0.3) is 0 Å². The van der Waals surface area contributed by atoms with Crippen LogP contribution in [0.3, 0.4) is 0 Å². The minimum atomic E-state index is -3.60. The summed E-state index contributed by atoms with van der Waals surface area (Å²) in [6.07, 6.45) is 0. The Morgan fingerprint density at radius 3 is 2.48 bits per heavy atom. The summed E-state index contributed by atoms with van der Waals surface area (Å²) >= 11 is 1.66. The van der Waals surface area contributed by atoms with Crippen LogP contribution in [0.25, 0.3) is 0 Å². The first-order chi connectivity index (χ1) is 12.6. The zero-order valence-corrected chi connectivity index (χ0v) is 17.8. The molecule has 1 amide bonds. The molecule has 148 valence electrons. The minimum Gasteiger partial charge on any atom is -0.495 e. The lowest BCUT2D eigenvalue weighted by Crippen LogP contribution is -2.30. The standard InChI is InChI=1S/C18H25N3O4S2/c1-13-8-9-26-17(13)11-21(4)12-18(22)19-15-10-14(6-7-16(15)25-5)27(23,24)20(2)3/h6-10H,11-12H2,1-5H3,(H,19,22). The Balaban J connectivity index is 2.13. The van der Waals surface area contributed by atoms with Gasteiger partial charge in [0.1, 0.15) is 5.75 Å². The maximum absolute atomic E-state index is 12.4. The van der Waals surface area contributed by atoms with Crippen molar-refractivity contribution in [3.63, 3.8) is 0 Å². The van der Waals surface area contributed by atoms with Crippen LogP contribution in [0.1, 0.15) is 10.4 Å². The molecule has 2 aromatic rings. The van der Waals surface area contributed by atoms with E-state index in [-0.39, 0.29) is 17.3 Å². The second-order valence-corrected chi connectivity index (χ2v) is 9.55. The molecule has 0 unspecified atom stereocenters. The fraction of sp³-hybridized carbons (Fsp3) is 0.389. The summed E-state index contributed by atoms with van der Waals surface area (Å²) in [5, 5.41) is 4.78. The molecule has 0 fully saturated rings. The summed E-state index contributed by atoms with van der Waals surface area (Å²) in [5.74, 6) is 0.155. The van der Waals surface area contributed by atoms with Gasteiger partial charge in [-0.25, -0.2) is 12.7 Å². The van der Waals surface area contributed by atoms with E-state index in [0.717, 1.165) is 4.31 Å². The largest absolute Gasteiger partial charge is 0.495 e. The molecular weight excluding hydrogens is 386 g/mol. The van der Waals surface area contributed by atoms with Gasteiger partial charge in [0.05, 0.1) is 24.2 Å². The van der Waals surface area contributed by atoms with Crippen molar-refractivity contribution in [2.24, 2.45) is 0 Å². The van der Waals surface area contributed by atoms with Gasteiger partial charge in [0, 0.05) is 25.5 Å². The van der Waals surface area contributed by atoms with Crippen LogP contribution < -0.4 is 10.1 Å². The van der Waals surface area contributed by atoms with E-state index in [1.165, 1.54) is 49.8 Å². The first-order valence-corrected chi connectivity index (χ1v) is 10.6. The Morgan fingerprint density at radius 2 is 1.93 bits per heavy atom. The number of rotatable bonds is 8. The quantitative estimate of drug-likeness (QED) is 0.722. The Labute approximate surface area is 164 Å². The number of ether oxygens (including phenoxy) is 1. The van der Waals surface area contributed by atoms with Crippen molar-refractivity contribution >= 4 is 33.0 Å². The lowest BCUT2D eigenvalue weighted by molar-refractivity contribution is -0.117. The second kappa shape index (κ2) is 8.83. The molecule has 0 saturated heterocycles. The van der Waals surface area contributed by atoms with E-state index < -0.39 is 10.0 Å². The summed E-state index contributed by atoms with van der Waals surface area (Å²) in [4.78, 5) is 15.6. The predicted molar refractivity (Wildman–Crippen MR) is 108 cm³/mol. The monoisotopic (exact) mass is 411 g/mol. The van der Waals surface area contributed by atoms with Crippen molar-refractivity contribution < 1.29 is 17.9 Å². The van der Waals surface area contributed by atoms with E-state index in [1.54, 1.807) is 11.3 Å². The van der Waals surface area contributed by atoms with Crippen LogP contribution in [0.4, 0.5) is 5.69 Å².